The summed E-state index contributed by atoms with van der Waals surface area (Å²) in [7, 11) is -4.72. The summed E-state index contributed by atoms with van der Waals surface area (Å²) in [5.41, 5.74) is 0.344. The number of thiazole rings is 1. The van der Waals surface area contributed by atoms with Crippen molar-refractivity contribution in [3.63, 3.8) is 0 Å². The summed E-state index contributed by atoms with van der Waals surface area (Å²) in [6.45, 7) is 2.23. The van der Waals surface area contributed by atoms with Gasteiger partial charge in [-0.1, -0.05) is 11.6 Å². The monoisotopic (exact) mass is 470 g/mol. The van der Waals surface area contributed by atoms with Crippen LogP contribution < -0.4 is 15.2 Å². The van der Waals surface area contributed by atoms with Crippen molar-refractivity contribution in [1.29, 1.82) is 0 Å². The molecule has 0 atom stereocenters. The lowest BCUT2D eigenvalue weighted by Gasteiger charge is -2.25. The van der Waals surface area contributed by atoms with Crippen LogP contribution in [0.4, 0.5) is 18.3 Å². The Morgan fingerprint density at radius 1 is 1.28 bits per heavy atom. The van der Waals surface area contributed by atoms with Gasteiger partial charge in [0.1, 0.15) is 5.69 Å². The number of aromatic nitrogens is 1. The number of amides is 1. The maximum atomic E-state index is 13.1. The predicted octanol–water partition coefficient (Wildman–Crippen LogP) is 2.28. The molecule has 2 aromatic rings. The molecule has 29 heavy (non-hydrogen) atoms. The van der Waals surface area contributed by atoms with E-state index >= 15 is 0 Å². The number of sulfonamides is 1. The summed E-state index contributed by atoms with van der Waals surface area (Å²) in [4.78, 5) is 18.8. The standard InChI is InChI=1S/C15H14ClF3N4O4S2/c16-9-1-2-12(10(7-9)15(17,18)19)29(25,26)22-21-13(24)11-8-28-14(20-11)23-3-5-27-6-4-23/h1-2,7-8,22H,3-6H2,(H,21,24). The van der Waals surface area contributed by atoms with Gasteiger partial charge in [0.15, 0.2) is 5.13 Å². The van der Waals surface area contributed by atoms with E-state index in [-0.39, 0.29) is 10.7 Å². The average molecular weight is 471 g/mol. The Balaban J connectivity index is 1.72. The number of morpholine rings is 1. The van der Waals surface area contributed by atoms with Gasteiger partial charge in [0, 0.05) is 23.5 Å². The Morgan fingerprint density at radius 2 is 1.97 bits per heavy atom. The number of carbonyl (C=O) groups is 1. The Hall–Kier alpha value is -1.93. The molecule has 1 amide bonds. The molecule has 1 aromatic heterocycles. The van der Waals surface area contributed by atoms with Crippen molar-refractivity contribution in [2.24, 2.45) is 0 Å². The molecule has 1 saturated heterocycles. The molecule has 0 unspecified atom stereocenters. The van der Waals surface area contributed by atoms with Gasteiger partial charge in [0.2, 0.25) is 0 Å². The zero-order chi connectivity index (χ0) is 21.2. The number of rotatable bonds is 5. The smallest absolute Gasteiger partial charge is 0.378 e. The fourth-order valence-corrected chi connectivity index (χ4v) is 4.54. The number of anilines is 1. The molecule has 158 valence electrons. The highest BCUT2D eigenvalue weighted by atomic mass is 35.5. The summed E-state index contributed by atoms with van der Waals surface area (Å²) in [5, 5.41) is 1.69. The average Bonchev–Trinajstić information content (AvgIpc) is 3.16. The van der Waals surface area contributed by atoms with Crippen LogP contribution in [-0.4, -0.2) is 45.6 Å². The molecule has 14 heteroatoms. The lowest BCUT2D eigenvalue weighted by molar-refractivity contribution is -0.139. The van der Waals surface area contributed by atoms with Gasteiger partial charge in [-0.25, -0.2) is 13.4 Å². The van der Waals surface area contributed by atoms with Crippen molar-refractivity contribution in [1.82, 2.24) is 15.2 Å². The first kappa shape index (κ1) is 21.8. The highest BCUT2D eigenvalue weighted by Gasteiger charge is 2.37. The maximum Gasteiger partial charge on any atom is 0.417 e. The number of carbonyl (C=O) groups excluding carboxylic acids is 1. The Kier molecular flexibility index (Phi) is 6.33. The summed E-state index contributed by atoms with van der Waals surface area (Å²) in [6, 6.07) is 2.20. The van der Waals surface area contributed by atoms with Crippen LogP contribution >= 0.6 is 22.9 Å². The van der Waals surface area contributed by atoms with Gasteiger partial charge in [-0.15, -0.1) is 16.2 Å². The van der Waals surface area contributed by atoms with Crippen molar-refractivity contribution >= 4 is 44.0 Å². The number of nitrogens with one attached hydrogen (secondary N) is 2. The van der Waals surface area contributed by atoms with Crippen molar-refractivity contribution in [2.45, 2.75) is 11.1 Å². The summed E-state index contributed by atoms with van der Waals surface area (Å²) >= 11 is 6.72. The van der Waals surface area contributed by atoms with Crippen LogP contribution in [0.15, 0.2) is 28.5 Å². The number of halogens is 4. The second-order valence-electron chi connectivity index (χ2n) is 5.81. The number of hydrogen-bond acceptors (Lipinski definition) is 7. The minimum Gasteiger partial charge on any atom is -0.378 e. The van der Waals surface area contributed by atoms with Gasteiger partial charge < -0.3 is 9.64 Å². The normalized spacial score (nSPS) is 15.4. The molecule has 0 bridgehead atoms. The Labute approximate surface area is 172 Å². The zero-order valence-electron chi connectivity index (χ0n) is 14.5. The van der Waals surface area contributed by atoms with E-state index in [9.17, 15) is 26.4 Å². The number of hydrazine groups is 1. The molecule has 0 aliphatic carbocycles. The second kappa shape index (κ2) is 8.44. The molecule has 8 nitrogen and oxygen atoms in total. The van der Waals surface area contributed by atoms with Crippen LogP contribution in [0.1, 0.15) is 16.1 Å². The van der Waals surface area contributed by atoms with E-state index in [0.29, 0.717) is 43.6 Å². The van der Waals surface area contributed by atoms with E-state index in [4.69, 9.17) is 16.3 Å². The van der Waals surface area contributed by atoms with E-state index in [1.54, 1.807) is 4.83 Å². The van der Waals surface area contributed by atoms with Crippen LogP contribution in [0.2, 0.25) is 5.02 Å². The second-order valence-corrected chi connectivity index (χ2v) is 8.74. The van der Waals surface area contributed by atoms with E-state index in [0.717, 1.165) is 6.07 Å². The van der Waals surface area contributed by atoms with Crippen LogP contribution in [0.25, 0.3) is 0 Å². The largest absolute Gasteiger partial charge is 0.417 e. The molecule has 1 aromatic carbocycles. The fourth-order valence-electron chi connectivity index (χ4n) is 2.46. The minimum absolute atomic E-state index is 0.0775. The van der Waals surface area contributed by atoms with E-state index in [2.05, 4.69) is 4.98 Å². The molecule has 0 radical (unpaired) electrons. The minimum atomic E-state index is -4.96. The van der Waals surface area contributed by atoms with Gasteiger partial charge in [0.25, 0.3) is 15.9 Å². The van der Waals surface area contributed by atoms with E-state index in [1.807, 2.05) is 10.3 Å². The predicted molar refractivity (Wildman–Crippen MR) is 99.4 cm³/mol. The fraction of sp³-hybridized carbons (Fsp3) is 0.333. The maximum absolute atomic E-state index is 13.1. The molecule has 1 aliphatic rings. The topological polar surface area (TPSA) is 101 Å². The highest BCUT2D eigenvalue weighted by molar-refractivity contribution is 7.89. The molecular formula is C15H14ClF3N4O4S2. The number of nitrogens with zero attached hydrogens (tertiary/aromatic N) is 2. The lowest BCUT2D eigenvalue weighted by Crippen LogP contribution is -2.42. The van der Waals surface area contributed by atoms with E-state index < -0.39 is 32.6 Å². The molecule has 2 N–H and O–H groups in total. The van der Waals surface area contributed by atoms with Gasteiger partial charge in [0.05, 0.1) is 23.7 Å². The third kappa shape index (κ3) is 5.17. The van der Waals surface area contributed by atoms with Crippen LogP contribution in [0, 0.1) is 0 Å². The zero-order valence-corrected chi connectivity index (χ0v) is 16.9. The summed E-state index contributed by atoms with van der Waals surface area (Å²) in [5.74, 6) is -0.910. The molecule has 0 saturated carbocycles. The molecule has 2 heterocycles. The van der Waals surface area contributed by atoms with Crippen LogP contribution in [-0.2, 0) is 20.9 Å². The third-order valence-electron chi connectivity index (χ3n) is 3.84. The third-order valence-corrected chi connectivity index (χ3v) is 6.28. The van der Waals surface area contributed by atoms with Crippen molar-refractivity contribution in [3.05, 3.63) is 39.9 Å². The van der Waals surface area contributed by atoms with Gasteiger partial charge in [-0.3, -0.25) is 10.2 Å². The Morgan fingerprint density at radius 3 is 2.62 bits per heavy atom. The SMILES string of the molecule is O=C(NNS(=O)(=O)c1ccc(Cl)cc1C(F)(F)F)c1csc(N2CCOCC2)n1. The van der Waals surface area contributed by atoms with Crippen molar-refractivity contribution in [2.75, 3.05) is 31.2 Å². The quantitative estimate of drug-likeness (QED) is 0.650. The molecule has 3 rings (SSSR count). The lowest BCUT2D eigenvalue weighted by atomic mass is 10.2. The van der Waals surface area contributed by atoms with Crippen LogP contribution in [0.3, 0.4) is 0 Å². The Bertz CT molecular complexity index is 1010. The first-order chi connectivity index (χ1) is 13.6. The van der Waals surface area contributed by atoms with Gasteiger partial charge >= 0.3 is 6.18 Å². The highest BCUT2D eigenvalue weighted by Crippen LogP contribution is 2.35. The summed E-state index contributed by atoms with van der Waals surface area (Å²) < 4.78 is 69.2. The van der Waals surface area contributed by atoms with Gasteiger partial charge in [-0.2, -0.15) is 13.2 Å². The molecular weight excluding hydrogens is 457 g/mol. The summed E-state index contributed by atoms with van der Waals surface area (Å²) in [6.07, 6.45) is -4.96. The number of benzene rings is 1. The number of alkyl halides is 3. The van der Waals surface area contributed by atoms with Crippen molar-refractivity contribution in [3.8, 4) is 0 Å². The number of ether oxygens (including phenoxy) is 1. The van der Waals surface area contributed by atoms with Crippen LogP contribution in [0.5, 0.6) is 0 Å². The molecule has 1 aliphatic heterocycles. The van der Waals surface area contributed by atoms with E-state index in [1.165, 1.54) is 16.7 Å². The van der Waals surface area contributed by atoms with Crippen molar-refractivity contribution < 1.29 is 31.1 Å². The molecule has 0 spiro atoms. The van der Waals surface area contributed by atoms with Gasteiger partial charge in [-0.05, 0) is 18.2 Å². The number of hydrogen-bond donors (Lipinski definition) is 2. The molecule has 1 fully saturated rings. The first-order valence-electron chi connectivity index (χ1n) is 8.05. The first-order valence-corrected chi connectivity index (χ1v) is 10.8.